The van der Waals surface area contributed by atoms with Crippen LogP contribution in [0, 0.1) is 0 Å². The number of alkyl halides is 3. The van der Waals surface area contributed by atoms with Gasteiger partial charge < -0.3 is 5.73 Å². The molecule has 1 aliphatic carbocycles. The van der Waals surface area contributed by atoms with Gasteiger partial charge in [-0.25, -0.2) is 0 Å². The van der Waals surface area contributed by atoms with Crippen molar-refractivity contribution in [2.75, 3.05) is 0 Å². The molecule has 3 rings (SSSR count). The average Bonchev–Trinajstić information content (AvgIpc) is 2.48. The van der Waals surface area contributed by atoms with Gasteiger partial charge >= 0.3 is 6.18 Å². The van der Waals surface area contributed by atoms with Crippen molar-refractivity contribution in [3.05, 3.63) is 58.7 Å². The minimum Gasteiger partial charge on any atom is -0.323 e. The summed E-state index contributed by atoms with van der Waals surface area (Å²) in [6.45, 7) is 0. The lowest BCUT2D eigenvalue weighted by Gasteiger charge is -2.21. The molecular weight excluding hydrogens is 291 g/mol. The van der Waals surface area contributed by atoms with Crippen LogP contribution in [0.5, 0.6) is 0 Å². The van der Waals surface area contributed by atoms with Gasteiger partial charge in [0, 0.05) is 30.0 Å². The summed E-state index contributed by atoms with van der Waals surface area (Å²) in [5, 5.41) is 0. The predicted molar refractivity (Wildman–Crippen MR) is 76.1 cm³/mol. The van der Waals surface area contributed by atoms with Crippen LogP contribution in [0.25, 0.3) is 0 Å². The van der Waals surface area contributed by atoms with E-state index in [2.05, 4.69) is 9.97 Å². The highest BCUT2D eigenvalue weighted by Gasteiger charge is 2.30. The SMILES string of the molecule is NC1CCCc2ccc(Cc3ccc(C(F)(F)F)cn3)nc21. The van der Waals surface area contributed by atoms with E-state index in [1.54, 1.807) is 0 Å². The van der Waals surface area contributed by atoms with E-state index in [9.17, 15) is 13.2 Å². The van der Waals surface area contributed by atoms with Crippen LogP contribution in [0.4, 0.5) is 13.2 Å². The zero-order chi connectivity index (χ0) is 15.7. The Labute approximate surface area is 126 Å². The molecule has 0 saturated heterocycles. The van der Waals surface area contributed by atoms with E-state index in [1.807, 2.05) is 12.1 Å². The van der Waals surface area contributed by atoms with Crippen molar-refractivity contribution >= 4 is 0 Å². The van der Waals surface area contributed by atoms with E-state index < -0.39 is 11.7 Å². The van der Waals surface area contributed by atoms with Crippen LogP contribution in [-0.2, 0) is 19.0 Å². The van der Waals surface area contributed by atoms with Crippen molar-refractivity contribution in [2.45, 2.75) is 37.9 Å². The molecule has 0 fully saturated rings. The van der Waals surface area contributed by atoms with E-state index in [0.717, 1.165) is 42.9 Å². The standard InChI is InChI=1S/C16H16F3N3/c17-16(18,19)11-5-7-12(21-9-11)8-13-6-4-10-2-1-3-14(20)15(10)22-13/h4-7,9,14H,1-3,8,20H2. The Bertz CT molecular complexity index is 665. The van der Waals surface area contributed by atoms with Crippen LogP contribution in [0.1, 0.15) is 47.1 Å². The molecule has 3 nitrogen and oxygen atoms in total. The largest absolute Gasteiger partial charge is 0.417 e. The van der Waals surface area contributed by atoms with E-state index in [-0.39, 0.29) is 6.04 Å². The molecule has 0 aliphatic heterocycles. The molecule has 22 heavy (non-hydrogen) atoms. The fourth-order valence-electron chi connectivity index (χ4n) is 2.71. The lowest BCUT2D eigenvalue weighted by atomic mass is 9.92. The van der Waals surface area contributed by atoms with Gasteiger partial charge in [0.05, 0.1) is 11.3 Å². The molecule has 0 amide bonds. The average molecular weight is 307 g/mol. The summed E-state index contributed by atoms with van der Waals surface area (Å²) in [6, 6.07) is 6.30. The second kappa shape index (κ2) is 5.68. The summed E-state index contributed by atoms with van der Waals surface area (Å²) < 4.78 is 37.5. The molecular formula is C16H16F3N3. The Kier molecular flexibility index (Phi) is 3.87. The highest BCUT2D eigenvalue weighted by atomic mass is 19.4. The van der Waals surface area contributed by atoms with Crippen molar-refractivity contribution in [1.29, 1.82) is 0 Å². The zero-order valence-corrected chi connectivity index (χ0v) is 11.9. The van der Waals surface area contributed by atoms with Crippen LogP contribution in [-0.4, -0.2) is 9.97 Å². The highest BCUT2D eigenvalue weighted by molar-refractivity contribution is 5.29. The summed E-state index contributed by atoms with van der Waals surface area (Å²) in [5.41, 5.74) is 8.76. The summed E-state index contributed by atoms with van der Waals surface area (Å²) in [4.78, 5) is 8.45. The number of rotatable bonds is 2. The third kappa shape index (κ3) is 3.11. The number of hydrogen-bond acceptors (Lipinski definition) is 3. The number of nitrogens with zero attached hydrogens (tertiary/aromatic N) is 2. The number of hydrogen-bond donors (Lipinski definition) is 1. The zero-order valence-electron chi connectivity index (χ0n) is 11.9. The third-order valence-corrected chi connectivity index (χ3v) is 3.90. The van der Waals surface area contributed by atoms with Gasteiger partial charge in [-0.3, -0.25) is 9.97 Å². The first kappa shape index (κ1) is 15.0. The minimum atomic E-state index is -4.36. The molecule has 6 heteroatoms. The normalized spacial score (nSPS) is 18.1. The molecule has 2 aromatic heterocycles. The topological polar surface area (TPSA) is 51.8 Å². The monoisotopic (exact) mass is 307 g/mol. The summed E-state index contributed by atoms with van der Waals surface area (Å²) >= 11 is 0. The molecule has 2 aromatic rings. The molecule has 116 valence electrons. The van der Waals surface area contributed by atoms with E-state index in [0.29, 0.717) is 12.1 Å². The Morgan fingerprint density at radius 3 is 2.59 bits per heavy atom. The fraction of sp³-hybridized carbons (Fsp3) is 0.375. The van der Waals surface area contributed by atoms with Crippen molar-refractivity contribution in [3.63, 3.8) is 0 Å². The van der Waals surface area contributed by atoms with Crippen LogP contribution in [0.3, 0.4) is 0 Å². The van der Waals surface area contributed by atoms with Crippen LogP contribution in [0.15, 0.2) is 30.5 Å². The maximum atomic E-state index is 12.5. The molecule has 2 heterocycles. The second-order valence-electron chi connectivity index (χ2n) is 5.56. The Morgan fingerprint density at radius 2 is 1.91 bits per heavy atom. The van der Waals surface area contributed by atoms with Crippen LogP contribution in [0.2, 0.25) is 0 Å². The molecule has 0 radical (unpaired) electrons. The second-order valence-corrected chi connectivity index (χ2v) is 5.56. The summed E-state index contributed by atoms with van der Waals surface area (Å²) in [5.74, 6) is 0. The van der Waals surface area contributed by atoms with Gasteiger partial charge in [-0.2, -0.15) is 13.2 Å². The number of pyridine rings is 2. The van der Waals surface area contributed by atoms with Gasteiger partial charge in [0.1, 0.15) is 0 Å². The van der Waals surface area contributed by atoms with Crippen molar-refractivity contribution in [1.82, 2.24) is 9.97 Å². The molecule has 0 saturated carbocycles. The first-order valence-corrected chi connectivity index (χ1v) is 7.20. The number of aryl methyl sites for hydroxylation is 1. The van der Waals surface area contributed by atoms with Gasteiger partial charge in [0.2, 0.25) is 0 Å². The predicted octanol–water partition coefficient (Wildman–Crippen LogP) is 3.42. The number of fused-ring (bicyclic) bond motifs is 1. The first-order chi connectivity index (χ1) is 10.4. The number of halogens is 3. The van der Waals surface area contributed by atoms with E-state index in [4.69, 9.17) is 5.73 Å². The highest BCUT2D eigenvalue weighted by Crippen LogP contribution is 2.29. The maximum absolute atomic E-state index is 12.5. The first-order valence-electron chi connectivity index (χ1n) is 7.20. The molecule has 2 N–H and O–H groups in total. The minimum absolute atomic E-state index is 0.0516. The lowest BCUT2D eigenvalue weighted by Crippen LogP contribution is -2.19. The quantitative estimate of drug-likeness (QED) is 0.925. The molecule has 1 unspecified atom stereocenters. The van der Waals surface area contributed by atoms with E-state index in [1.165, 1.54) is 11.6 Å². The third-order valence-electron chi connectivity index (χ3n) is 3.90. The van der Waals surface area contributed by atoms with Gasteiger partial charge in [-0.1, -0.05) is 6.07 Å². The molecule has 1 aliphatic rings. The Hall–Kier alpha value is -1.95. The van der Waals surface area contributed by atoms with Crippen molar-refractivity contribution < 1.29 is 13.2 Å². The molecule has 0 spiro atoms. The Morgan fingerprint density at radius 1 is 1.14 bits per heavy atom. The Balaban J connectivity index is 1.80. The molecule has 0 bridgehead atoms. The molecule has 0 aromatic carbocycles. The lowest BCUT2D eigenvalue weighted by molar-refractivity contribution is -0.137. The van der Waals surface area contributed by atoms with Crippen molar-refractivity contribution in [2.24, 2.45) is 5.73 Å². The number of nitrogens with two attached hydrogens (primary N) is 1. The fourth-order valence-corrected chi connectivity index (χ4v) is 2.71. The summed E-state index contributed by atoms with van der Waals surface area (Å²) in [6.07, 6.45) is -0.132. The van der Waals surface area contributed by atoms with Gasteiger partial charge in [0.15, 0.2) is 0 Å². The van der Waals surface area contributed by atoms with E-state index >= 15 is 0 Å². The number of aromatic nitrogens is 2. The van der Waals surface area contributed by atoms with Gasteiger partial charge in [-0.15, -0.1) is 0 Å². The van der Waals surface area contributed by atoms with Crippen LogP contribution < -0.4 is 5.73 Å². The van der Waals surface area contributed by atoms with Gasteiger partial charge in [-0.05, 0) is 43.0 Å². The van der Waals surface area contributed by atoms with Crippen molar-refractivity contribution in [3.8, 4) is 0 Å². The maximum Gasteiger partial charge on any atom is 0.417 e. The van der Waals surface area contributed by atoms with Crippen LogP contribution >= 0.6 is 0 Å². The molecule has 1 atom stereocenters. The summed E-state index contributed by atoms with van der Waals surface area (Å²) in [7, 11) is 0. The van der Waals surface area contributed by atoms with Gasteiger partial charge in [0.25, 0.3) is 0 Å². The smallest absolute Gasteiger partial charge is 0.323 e.